The van der Waals surface area contributed by atoms with E-state index < -0.39 is 0 Å². The third-order valence-electron chi connectivity index (χ3n) is 0.982. The van der Waals surface area contributed by atoms with Crippen LogP contribution in [0.25, 0.3) is 0 Å². The van der Waals surface area contributed by atoms with Crippen molar-refractivity contribution in [3.63, 3.8) is 0 Å². The van der Waals surface area contributed by atoms with Crippen molar-refractivity contribution in [3.05, 3.63) is 12.0 Å². The predicted octanol–water partition coefficient (Wildman–Crippen LogP) is 0.297. The zero-order valence-electron chi connectivity index (χ0n) is 4.59. The van der Waals surface area contributed by atoms with Crippen LogP contribution < -0.4 is 5.11 Å². The van der Waals surface area contributed by atoms with Crippen LogP contribution in [0.1, 0.15) is 6.42 Å². The monoisotopic (exact) mass is 131 g/mol. The van der Waals surface area contributed by atoms with E-state index in [1.165, 1.54) is 6.26 Å². The van der Waals surface area contributed by atoms with Crippen LogP contribution >= 0.6 is 11.8 Å². The van der Waals surface area contributed by atoms with Gasteiger partial charge in [0.25, 0.3) is 0 Å². The molecule has 1 aliphatic rings. The first kappa shape index (κ1) is 5.82. The molecule has 3 heteroatoms. The van der Waals surface area contributed by atoms with E-state index in [9.17, 15) is 5.11 Å². The lowest BCUT2D eigenvalue weighted by atomic mass is 10.4. The molecular weight excluding hydrogens is 124 g/mol. The molecule has 0 amide bonds. The minimum Gasteiger partial charge on any atom is -0.873 e. The average molecular weight is 131 g/mol. The molecule has 0 saturated carbocycles. The standard InChI is InChI=1S/C5H8O2S/c1-8-5-2-4(6)3-7-5/h3,5-6H,2H2,1H3/p-1. The fourth-order valence-corrected chi connectivity index (χ4v) is 1.05. The van der Waals surface area contributed by atoms with E-state index in [0.717, 1.165) is 0 Å². The Morgan fingerprint density at radius 1 is 2.00 bits per heavy atom. The van der Waals surface area contributed by atoms with Crippen LogP contribution in [0, 0.1) is 0 Å². The van der Waals surface area contributed by atoms with Gasteiger partial charge in [-0.15, -0.1) is 11.8 Å². The summed E-state index contributed by atoms with van der Waals surface area (Å²) in [5.74, 6) is 0.101. The zero-order chi connectivity index (χ0) is 5.98. The van der Waals surface area contributed by atoms with Gasteiger partial charge in [0.1, 0.15) is 5.44 Å². The number of thioether (sulfide) groups is 1. The molecule has 46 valence electrons. The first-order chi connectivity index (χ1) is 3.83. The molecule has 8 heavy (non-hydrogen) atoms. The Balaban J connectivity index is 2.32. The summed E-state index contributed by atoms with van der Waals surface area (Å²) in [7, 11) is 0. The first-order valence-corrected chi connectivity index (χ1v) is 3.66. The molecule has 0 bridgehead atoms. The third kappa shape index (κ3) is 1.10. The topological polar surface area (TPSA) is 32.3 Å². The highest BCUT2D eigenvalue weighted by Gasteiger charge is 2.09. The molecule has 1 rings (SSSR count). The lowest BCUT2D eigenvalue weighted by Crippen LogP contribution is -2.03. The molecule has 0 aliphatic carbocycles. The fourth-order valence-electron chi connectivity index (χ4n) is 0.551. The Bertz CT molecular complexity index is 111. The van der Waals surface area contributed by atoms with Gasteiger partial charge in [-0.3, -0.25) is 0 Å². The number of rotatable bonds is 1. The maximum atomic E-state index is 10.4. The van der Waals surface area contributed by atoms with E-state index in [1.54, 1.807) is 11.8 Å². The summed E-state index contributed by atoms with van der Waals surface area (Å²) in [6.07, 6.45) is 3.76. The molecule has 1 atom stereocenters. The highest BCUT2D eigenvalue weighted by Crippen LogP contribution is 2.21. The molecule has 0 radical (unpaired) electrons. The molecule has 0 aromatic rings. The molecule has 0 fully saturated rings. The second-order valence-electron chi connectivity index (χ2n) is 1.59. The van der Waals surface area contributed by atoms with Crippen molar-refractivity contribution < 1.29 is 9.84 Å². The van der Waals surface area contributed by atoms with Crippen molar-refractivity contribution >= 4 is 11.8 Å². The molecule has 0 spiro atoms. The van der Waals surface area contributed by atoms with Gasteiger partial charge < -0.3 is 9.84 Å². The average Bonchev–Trinajstić information content (AvgIpc) is 2.14. The number of hydrogen-bond donors (Lipinski definition) is 0. The summed E-state index contributed by atoms with van der Waals surface area (Å²) < 4.78 is 4.90. The maximum Gasteiger partial charge on any atom is 0.146 e. The van der Waals surface area contributed by atoms with Gasteiger partial charge in [0, 0.05) is 6.42 Å². The number of hydrogen-bond acceptors (Lipinski definition) is 3. The molecule has 1 heterocycles. The van der Waals surface area contributed by atoms with Crippen molar-refractivity contribution in [2.75, 3.05) is 6.26 Å². The van der Waals surface area contributed by atoms with Crippen LogP contribution in [0.3, 0.4) is 0 Å². The van der Waals surface area contributed by atoms with E-state index in [-0.39, 0.29) is 11.2 Å². The largest absolute Gasteiger partial charge is 0.873 e. The van der Waals surface area contributed by atoms with Crippen molar-refractivity contribution in [2.45, 2.75) is 11.9 Å². The molecule has 0 N–H and O–H groups in total. The first-order valence-electron chi connectivity index (χ1n) is 2.37. The summed E-state index contributed by atoms with van der Waals surface area (Å²) in [4.78, 5) is 0. The van der Waals surface area contributed by atoms with Crippen LogP contribution in [0.15, 0.2) is 12.0 Å². The summed E-state index contributed by atoms with van der Waals surface area (Å²) >= 11 is 1.56. The Kier molecular flexibility index (Phi) is 1.68. The van der Waals surface area contributed by atoms with Gasteiger partial charge in [-0.25, -0.2) is 0 Å². The molecule has 0 saturated heterocycles. The van der Waals surface area contributed by atoms with Crippen LogP contribution in [0.5, 0.6) is 0 Å². The smallest absolute Gasteiger partial charge is 0.146 e. The Morgan fingerprint density at radius 3 is 3.00 bits per heavy atom. The molecule has 2 nitrogen and oxygen atoms in total. The lowest BCUT2D eigenvalue weighted by molar-refractivity contribution is -0.305. The van der Waals surface area contributed by atoms with Gasteiger partial charge in [-0.05, 0) is 6.26 Å². The Morgan fingerprint density at radius 2 is 2.75 bits per heavy atom. The van der Waals surface area contributed by atoms with Crippen molar-refractivity contribution in [3.8, 4) is 0 Å². The van der Waals surface area contributed by atoms with E-state index in [1.807, 2.05) is 6.26 Å². The molecule has 1 unspecified atom stereocenters. The highest BCUT2D eigenvalue weighted by molar-refractivity contribution is 7.99. The van der Waals surface area contributed by atoms with Gasteiger partial charge >= 0.3 is 0 Å². The van der Waals surface area contributed by atoms with Crippen molar-refractivity contribution in [2.24, 2.45) is 0 Å². The Hall–Kier alpha value is -0.310. The van der Waals surface area contributed by atoms with Gasteiger partial charge in [-0.2, -0.15) is 0 Å². The van der Waals surface area contributed by atoms with Crippen molar-refractivity contribution in [1.82, 2.24) is 0 Å². The minimum absolute atomic E-state index is 0.0856. The van der Waals surface area contributed by atoms with Crippen LogP contribution in [-0.4, -0.2) is 11.7 Å². The van der Waals surface area contributed by atoms with E-state index >= 15 is 0 Å². The van der Waals surface area contributed by atoms with E-state index in [4.69, 9.17) is 4.74 Å². The SMILES string of the molecule is CSC1CC([O-])=CO1. The summed E-state index contributed by atoms with van der Waals surface area (Å²) in [6, 6.07) is 0. The second kappa shape index (κ2) is 2.31. The third-order valence-corrected chi connectivity index (χ3v) is 1.79. The molecular formula is C5H7O2S-. The Labute approximate surface area is 52.5 Å². The highest BCUT2D eigenvalue weighted by atomic mass is 32.2. The van der Waals surface area contributed by atoms with Gasteiger partial charge in [0.15, 0.2) is 0 Å². The van der Waals surface area contributed by atoms with E-state index in [2.05, 4.69) is 0 Å². The van der Waals surface area contributed by atoms with Crippen molar-refractivity contribution in [1.29, 1.82) is 0 Å². The van der Waals surface area contributed by atoms with Crippen LogP contribution in [0.4, 0.5) is 0 Å². The van der Waals surface area contributed by atoms with Gasteiger partial charge in [-0.1, -0.05) is 5.76 Å². The quantitative estimate of drug-likeness (QED) is 0.513. The summed E-state index contributed by atoms with van der Waals surface area (Å²) in [6.45, 7) is 0. The second-order valence-corrected chi connectivity index (χ2v) is 2.59. The zero-order valence-corrected chi connectivity index (χ0v) is 5.40. The summed E-state index contributed by atoms with van der Waals surface area (Å²) in [5, 5.41) is 10.4. The van der Waals surface area contributed by atoms with Gasteiger partial charge in [0.2, 0.25) is 0 Å². The summed E-state index contributed by atoms with van der Waals surface area (Å²) in [5.41, 5.74) is 0.0856. The minimum atomic E-state index is 0.0856. The molecule has 0 aromatic carbocycles. The fraction of sp³-hybridized carbons (Fsp3) is 0.600. The lowest BCUT2D eigenvalue weighted by Gasteiger charge is -2.05. The molecule has 1 aliphatic heterocycles. The normalized spacial score (nSPS) is 27.1. The predicted molar refractivity (Wildman–Crippen MR) is 31.1 cm³/mol. The van der Waals surface area contributed by atoms with Crippen LogP contribution in [-0.2, 0) is 4.74 Å². The van der Waals surface area contributed by atoms with Crippen LogP contribution in [0.2, 0.25) is 0 Å². The van der Waals surface area contributed by atoms with E-state index in [0.29, 0.717) is 6.42 Å². The maximum absolute atomic E-state index is 10.4. The van der Waals surface area contributed by atoms with Gasteiger partial charge in [0.05, 0.1) is 6.26 Å². The number of ether oxygens (including phenoxy) is 1. The molecule has 0 aromatic heterocycles.